The van der Waals surface area contributed by atoms with Gasteiger partial charge in [-0.1, -0.05) is 0 Å². The quantitative estimate of drug-likeness (QED) is 0.518. The molecule has 0 saturated carbocycles. The van der Waals surface area contributed by atoms with Crippen LogP contribution in [0.4, 0.5) is 5.95 Å². The Morgan fingerprint density at radius 2 is 2.50 bits per heavy atom. The minimum absolute atomic E-state index is 0.0271. The van der Waals surface area contributed by atoms with Gasteiger partial charge in [-0.25, -0.2) is 0 Å². The summed E-state index contributed by atoms with van der Waals surface area (Å²) in [7, 11) is 0. The number of carbonyl (C=O) groups is 2. The van der Waals surface area contributed by atoms with Gasteiger partial charge in [0.15, 0.2) is 0 Å². The summed E-state index contributed by atoms with van der Waals surface area (Å²) in [5.41, 5.74) is 0. The van der Waals surface area contributed by atoms with Gasteiger partial charge in [-0.3, -0.25) is 14.9 Å². The maximum atomic E-state index is 10.9. The second-order valence-electron chi connectivity index (χ2n) is 2.26. The summed E-state index contributed by atoms with van der Waals surface area (Å²) in [6.07, 6.45) is 0.320. The SMILES string of the molecule is CCOC(=O)Cc1nc(NC=O)no1. The van der Waals surface area contributed by atoms with E-state index in [0.29, 0.717) is 13.0 Å². The number of nitrogens with zero attached hydrogens (tertiary/aromatic N) is 2. The topological polar surface area (TPSA) is 94.3 Å². The molecule has 0 radical (unpaired) electrons. The third-order valence-corrected chi connectivity index (χ3v) is 1.26. The van der Waals surface area contributed by atoms with E-state index < -0.39 is 5.97 Å². The van der Waals surface area contributed by atoms with Crippen molar-refractivity contribution >= 4 is 18.3 Å². The Bertz CT molecular complexity index is 322. The van der Waals surface area contributed by atoms with E-state index in [1.165, 1.54) is 0 Å². The minimum atomic E-state index is -0.450. The molecule has 7 nitrogen and oxygen atoms in total. The van der Waals surface area contributed by atoms with Crippen molar-refractivity contribution in [2.45, 2.75) is 13.3 Å². The summed E-state index contributed by atoms with van der Waals surface area (Å²) >= 11 is 0. The van der Waals surface area contributed by atoms with Crippen molar-refractivity contribution < 1.29 is 18.8 Å². The molecule has 1 rings (SSSR count). The Morgan fingerprint density at radius 3 is 3.14 bits per heavy atom. The van der Waals surface area contributed by atoms with Crippen molar-refractivity contribution in [3.63, 3.8) is 0 Å². The van der Waals surface area contributed by atoms with Crippen LogP contribution in [0.15, 0.2) is 4.52 Å². The zero-order valence-electron chi connectivity index (χ0n) is 7.52. The molecule has 76 valence electrons. The number of esters is 1. The van der Waals surface area contributed by atoms with Crippen LogP contribution in [0.5, 0.6) is 0 Å². The molecule has 0 bridgehead atoms. The number of hydrogen-bond donors (Lipinski definition) is 1. The largest absolute Gasteiger partial charge is 0.466 e. The lowest BCUT2D eigenvalue weighted by Crippen LogP contribution is -2.07. The van der Waals surface area contributed by atoms with E-state index in [2.05, 4.69) is 24.7 Å². The first kappa shape index (κ1) is 10.2. The summed E-state index contributed by atoms with van der Waals surface area (Å²) in [6.45, 7) is 2.00. The van der Waals surface area contributed by atoms with Crippen molar-refractivity contribution in [3.8, 4) is 0 Å². The van der Waals surface area contributed by atoms with Gasteiger partial charge in [0.05, 0.1) is 6.61 Å². The Kier molecular flexibility index (Phi) is 3.59. The van der Waals surface area contributed by atoms with E-state index in [1.807, 2.05) is 0 Å². The number of aromatic nitrogens is 2. The Balaban J connectivity index is 2.50. The van der Waals surface area contributed by atoms with Crippen LogP contribution in [-0.2, 0) is 20.7 Å². The molecule has 0 saturated heterocycles. The highest BCUT2D eigenvalue weighted by Crippen LogP contribution is 2.02. The molecule has 1 N–H and O–H groups in total. The number of ether oxygens (including phenoxy) is 1. The van der Waals surface area contributed by atoms with Gasteiger partial charge >= 0.3 is 5.97 Å². The van der Waals surface area contributed by atoms with Crippen LogP contribution in [0.3, 0.4) is 0 Å². The van der Waals surface area contributed by atoms with Gasteiger partial charge < -0.3 is 9.26 Å². The summed E-state index contributed by atoms with van der Waals surface area (Å²) in [6, 6.07) is 0. The fourth-order valence-corrected chi connectivity index (χ4v) is 0.773. The number of nitrogens with one attached hydrogen (secondary N) is 1. The van der Waals surface area contributed by atoms with Gasteiger partial charge in [-0.05, 0) is 12.1 Å². The molecule has 0 spiro atoms. The van der Waals surface area contributed by atoms with E-state index >= 15 is 0 Å². The lowest BCUT2D eigenvalue weighted by atomic mass is 10.4. The van der Waals surface area contributed by atoms with Gasteiger partial charge in [0.25, 0.3) is 5.95 Å². The van der Waals surface area contributed by atoms with Crippen molar-refractivity contribution in [2.24, 2.45) is 0 Å². The summed E-state index contributed by atoms with van der Waals surface area (Å²) in [5.74, 6) is -0.319. The fourth-order valence-electron chi connectivity index (χ4n) is 0.773. The molecule has 1 aromatic heterocycles. The molecule has 7 heteroatoms. The second kappa shape index (κ2) is 4.95. The van der Waals surface area contributed by atoms with Gasteiger partial charge in [0.2, 0.25) is 12.3 Å². The predicted molar refractivity (Wildman–Crippen MR) is 44.3 cm³/mol. The molecule has 14 heavy (non-hydrogen) atoms. The Labute approximate surface area is 79.4 Å². The highest BCUT2D eigenvalue weighted by molar-refractivity contribution is 5.71. The molecule has 1 heterocycles. The zero-order valence-corrected chi connectivity index (χ0v) is 7.52. The molecular weight excluding hydrogens is 190 g/mol. The first-order chi connectivity index (χ1) is 6.76. The van der Waals surface area contributed by atoms with Crippen LogP contribution in [-0.4, -0.2) is 29.1 Å². The second-order valence-corrected chi connectivity index (χ2v) is 2.26. The van der Waals surface area contributed by atoms with E-state index in [0.717, 1.165) is 0 Å². The van der Waals surface area contributed by atoms with Crippen LogP contribution in [0.1, 0.15) is 12.8 Å². The monoisotopic (exact) mass is 199 g/mol. The van der Waals surface area contributed by atoms with Crippen LogP contribution >= 0.6 is 0 Å². The average molecular weight is 199 g/mol. The summed E-state index contributed by atoms with van der Waals surface area (Å²) in [5, 5.41) is 5.57. The third kappa shape index (κ3) is 2.85. The smallest absolute Gasteiger partial charge is 0.315 e. The van der Waals surface area contributed by atoms with Gasteiger partial charge in [0.1, 0.15) is 6.42 Å². The van der Waals surface area contributed by atoms with E-state index in [9.17, 15) is 9.59 Å². The zero-order chi connectivity index (χ0) is 10.4. The molecule has 0 aromatic carbocycles. The lowest BCUT2D eigenvalue weighted by Gasteiger charge is -1.95. The Hall–Kier alpha value is -1.92. The first-order valence-electron chi connectivity index (χ1n) is 3.94. The van der Waals surface area contributed by atoms with Gasteiger partial charge in [0, 0.05) is 0 Å². The maximum Gasteiger partial charge on any atom is 0.315 e. The predicted octanol–water partition coefficient (Wildman–Crippen LogP) is -0.257. The molecule has 1 aromatic rings. The molecule has 0 aliphatic rings. The van der Waals surface area contributed by atoms with Crippen molar-refractivity contribution in [3.05, 3.63) is 5.89 Å². The fraction of sp³-hybridized carbons (Fsp3) is 0.429. The van der Waals surface area contributed by atoms with Crippen molar-refractivity contribution in [2.75, 3.05) is 11.9 Å². The standard InChI is InChI=1S/C7H9N3O4/c1-2-13-6(12)3-5-9-7(8-4-11)10-14-5/h4H,2-3H2,1H3,(H,8,10,11). The van der Waals surface area contributed by atoms with Crippen molar-refractivity contribution in [1.82, 2.24) is 10.1 Å². The molecule has 0 aliphatic heterocycles. The minimum Gasteiger partial charge on any atom is -0.466 e. The normalized spacial score (nSPS) is 9.50. The molecule has 0 aliphatic carbocycles. The highest BCUT2D eigenvalue weighted by atomic mass is 16.5. The van der Waals surface area contributed by atoms with Crippen LogP contribution in [0.25, 0.3) is 0 Å². The van der Waals surface area contributed by atoms with Gasteiger partial charge in [-0.2, -0.15) is 4.98 Å². The average Bonchev–Trinajstić information content (AvgIpc) is 2.53. The van der Waals surface area contributed by atoms with Crippen LogP contribution < -0.4 is 5.32 Å². The molecule has 0 atom stereocenters. The van der Waals surface area contributed by atoms with Crippen LogP contribution in [0.2, 0.25) is 0 Å². The molecule has 0 unspecified atom stereocenters. The van der Waals surface area contributed by atoms with E-state index in [4.69, 9.17) is 0 Å². The summed E-state index contributed by atoms with van der Waals surface area (Å²) < 4.78 is 9.31. The third-order valence-electron chi connectivity index (χ3n) is 1.26. The van der Waals surface area contributed by atoms with E-state index in [-0.39, 0.29) is 18.3 Å². The van der Waals surface area contributed by atoms with E-state index in [1.54, 1.807) is 6.92 Å². The van der Waals surface area contributed by atoms with Crippen LogP contribution in [0, 0.1) is 0 Å². The number of hydrogen-bond acceptors (Lipinski definition) is 6. The highest BCUT2D eigenvalue weighted by Gasteiger charge is 2.11. The molecule has 1 amide bonds. The number of anilines is 1. The first-order valence-corrected chi connectivity index (χ1v) is 3.94. The number of carbonyl (C=O) groups excluding carboxylic acids is 2. The van der Waals surface area contributed by atoms with Gasteiger partial charge in [-0.15, -0.1) is 0 Å². The summed E-state index contributed by atoms with van der Waals surface area (Å²) in [4.78, 5) is 24.6. The molecule has 0 fully saturated rings. The Morgan fingerprint density at radius 1 is 1.71 bits per heavy atom. The number of amides is 1. The number of rotatable bonds is 5. The lowest BCUT2D eigenvalue weighted by molar-refractivity contribution is -0.142. The molecular formula is C7H9N3O4. The van der Waals surface area contributed by atoms with Crippen molar-refractivity contribution in [1.29, 1.82) is 0 Å². The maximum absolute atomic E-state index is 10.9.